The second-order valence-corrected chi connectivity index (χ2v) is 10.1. The molecule has 1 aliphatic carbocycles. The summed E-state index contributed by atoms with van der Waals surface area (Å²) in [6, 6.07) is 2.10. The van der Waals surface area contributed by atoms with Gasteiger partial charge in [-0.1, -0.05) is 0 Å². The molecule has 39 heavy (non-hydrogen) atoms. The number of thiophene rings is 1. The Hall–Kier alpha value is -3.88. The van der Waals surface area contributed by atoms with Crippen LogP contribution in [0, 0.1) is 6.92 Å². The van der Waals surface area contributed by atoms with Gasteiger partial charge in [0.15, 0.2) is 5.69 Å². The molecule has 4 aromatic rings. The van der Waals surface area contributed by atoms with Crippen LogP contribution < -0.4 is 11.1 Å². The molecule has 15 heteroatoms. The second kappa shape index (κ2) is 9.70. The Bertz CT molecular complexity index is 1600. The molecule has 0 spiro atoms. The monoisotopic (exact) mass is 567 g/mol. The molecule has 0 radical (unpaired) electrons. The SMILES string of the molecule is CCn1ncc(-c2cc(C(F)F)nc3sc(C(N)=O)c(NC(=O)Cn4nc(C(F)(F)F)cc4C4CC4)c23)c1C. The number of amides is 2. The van der Waals surface area contributed by atoms with E-state index >= 15 is 0 Å². The lowest BCUT2D eigenvalue weighted by Crippen LogP contribution is -2.23. The first-order valence-electron chi connectivity index (χ1n) is 11.9. The molecule has 3 N–H and O–H groups in total. The lowest BCUT2D eigenvalue weighted by molar-refractivity contribution is -0.141. The third kappa shape index (κ3) is 4.97. The van der Waals surface area contributed by atoms with E-state index in [1.165, 1.54) is 12.3 Å². The fourth-order valence-electron chi connectivity index (χ4n) is 4.48. The molecule has 2 amide bonds. The molecule has 4 heterocycles. The fourth-order valence-corrected chi connectivity index (χ4v) is 5.50. The van der Waals surface area contributed by atoms with E-state index in [0.29, 0.717) is 30.6 Å². The van der Waals surface area contributed by atoms with Gasteiger partial charge in [-0.3, -0.25) is 19.0 Å². The molecule has 1 fully saturated rings. The van der Waals surface area contributed by atoms with Gasteiger partial charge in [-0.25, -0.2) is 13.8 Å². The molecule has 5 rings (SSSR count). The average Bonchev–Trinajstić information content (AvgIpc) is 3.33. The van der Waals surface area contributed by atoms with E-state index in [9.17, 15) is 31.5 Å². The van der Waals surface area contributed by atoms with Crippen molar-refractivity contribution in [2.45, 2.75) is 58.3 Å². The average molecular weight is 568 g/mol. The highest BCUT2D eigenvalue weighted by Crippen LogP contribution is 2.44. The molecule has 4 aromatic heterocycles. The summed E-state index contributed by atoms with van der Waals surface area (Å²) in [4.78, 5) is 29.3. The number of nitrogens with zero attached hydrogens (tertiary/aromatic N) is 5. The van der Waals surface area contributed by atoms with Crippen LogP contribution >= 0.6 is 11.3 Å². The molecule has 0 bridgehead atoms. The number of nitrogens with two attached hydrogens (primary N) is 1. The van der Waals surface area contributed by atoms with E-state index in [4.69, 9.17) is 5.73 Å². The first-order chi connectivity index (χ1) is 18.4. The number of fused-ring (bicyclic) bond motifs is 1. The normalized spacial score (nSPS) is 13.9. The van der Waals surface area contributed by atoms with Crippen LogP contribution in [0.2, 0.25) is 0 Å². The van der Waals surface area contributed by atoms with E-state index in [1.54, 1.807) is 11.6 Å². The minimum absolute atomic E-state index is 0.0349. The number of primary amides is 1. The number of hydrogen-bond donors (Lipinski definition) is 2. The van der Waals surface area contributed by atoms with E-state index < -0.39 is 42.3 Å². The van der Waals surface area contributed by atoms with E-state index in [2.05, 4.69) is 20.5 Å². The van der Waals surface area contributed by atoms with Crippen LogP contribution in [-0.2, 0) is 24.1 Å². The number of carbonyl (C=O) groups excluding carboxylic acids is 2. The van der Waals surface area contributed by atoms with Crippen molar-refractivity contribution in [3.05, 3.63) is 46.0 Å². The molecule has 0 aromatic carbocycles. The largest absolute Gasteiger partial charge is 0.435 e. The number of rotatable bonds is 8. The minimum atomic E-state index is -4.68. The van der Waals surface area contributed by atoms with Crippen molar-refractivity contribution >= 4 is 39.1 Å². The van der Waals surface area contributed by atoms with Crippen molar-refractivity contribution < 1.29 is 31.5 Å². The van der Waals surface area contributed by atoms with Crippen molar-refractivity contribution in [2.24, 2.45) is 5.73 Å². The molecule has 9 nitrogen and oxygen atoms in total. The zero-order valence-electron chi connectivity index (χ0n) is 20.6. The number of halogens is 5. The summed E-state index contributed by atoms with van der Waals surface area (Å²) in [7, 11) is 0. The van der Waals surface area contributed by atoms with Gasteiger partial charge in [0, 0.05) is 34.8 Å². The highest BCUT2D eigenvalue weighted by atomic mass is 32.1. The van der Waals surface area contributed by atoms with E-state index in [1.807, 2.05) is 6.92 Å². The number of pyridine rings is 1. The van der Waals surface area contributed by atoms with Gasteiger partial charge in [0.1, 0.15) is 21.9 Å². The predicted octanol–water partition coefficient (Wildman–Crippen LogP) is 5.26. The van der Waals surface area contributed by atoms with Gasteiger partial charge in [0.2, 0.25) is 5.91 Å². The van der Waals surface area contributed by atoms with Gasteiger partial charge in [0.25, 0.3) is 12.3 Å². The Morgan fingerprint density at radius 3 is 2.49 bits per heavy atom. The molecular weight excluding hydrogens is 545 g/mol. The summed E-state index contributed by atoms with van der Waals surface area (Å²) in [6.07, 6.45) is -4.76. The van der Waals surface area contributed by atoms with Crippen molar-refractivity contribution in [3.63, 3.8) is 0 Å². The first kappa shape index (κ1) is 26.7. The third-order valence-corrected chi connectivity index (χ3v) is 7.58. The molecular formula is C24H22F5N7O2S. The molecule has 0 saturated heterocycles. The third-order valence-electron chi connectivity index (χ3n) is 6.48. The van der Waals surface area contributed by atoms with Gasteiger partial charge >= 0.3 is 6.18 Å². The summed E-state index contributed by atoms with van der Waals surface area (Å²) < 4.78 is 70.0. The van der Waals surface area contributed by atoms with Crippen LogP contribution in [0.15, 0.2) is 18.3 Å². The molecule has 0 atom stereocenters. The lowest BCUT2D eigenvalue weighted by Gasteiger charge is -2.12. The quantitative estimate of drug-likeness (QED) is 0.282. The molecule has 0 aliphatic heterocycles. The Morgan fingerprint density at radius 1 is 1.21 bits per heavy atom. The van der Waals surface area contributed by atoms with Gasteiger partial charge in [-0.2, -0.15) is 23.4 Å². The van der Waals surface area contributed by atoms with E-state index in [-0.39, 0.29) is 38.0 Å². The Kier molecular flexibility index (Phi) is 6.64. The Morgan fingerprint density at radius 2 is 1.92 bits per heavy atom. The van der Waals surface area contributed by atoms with Crippen LogP contribution in [-0.4, -0.2) is 36.4 Å². The maximum atomic E-state index is 13.7. The van der Waals surface area contributed by atoms with Crippen LogP contribution in [0.25, 0.3) is 21.3 Å². The van der Waals surface area contributed by atoms with Crippen LogP contribution in [0.1, 0.15) is 64.6 Å². The van der Waals surface area contributed by atoms with Crippen molar-refractivity contribution in [1.82, 2.24) is 24.5 Å². The standard InChI is InChI=1S/C24H22F5N7O2S/c1-3-35-10(2)13(8-31-35)12-6-14(21(25)26)32-23-18(12)19(20(39-23)22(30)38)33-17(37)9-36-15(11-4-5-11)7-16(34-36)24(27,28)29/h6-8,11,21H,3-5,9H2,1-2H3,(H2,30,38)(H,33,37). The zero-order chi connectivity index (χ0) is 28.2. The number of nitrogens with one attached hydrogen (secondary N) is 1. The van der Waals surface area contributed by atoms with Crippen molar-refractivity contribution in [1.29, 1.82) is 0 Å². The maximum absolute atomic E-state index is 13.7. The lowest BCUT2D eigenvalue weighted by atomic mass is 10.0. The highest BCUT2D eigenvalue weighted by Gasteiger charge is 2.38. The molecule has 0 unspecified atom stereocenters. The maximum Gasteiger partial charge on any atom is 0.435 e. The minimum Gasteiger partial charge on any atom is -0.365 e. The number of aromatic nitrogens is 5. The summed E-state index contributed by atoms with van der Waals surface area (Å²) in [5.74, 6) is -1.84. The van der Waals surface area contributed by atoms with Gasteiger partial charge in [-0.05, 0) is 44.4 Å². The smallest absolute Gasteiger partial charge is 0.365 e. The first-order valence-corrected chi connectivity index (χ1v) is 12.7. The van der Waals surface area contributed by atoms with Crippen molar-refractivity contribution in [3.8, 4) is 11.1 Å². The summed E-state index contributed by atoms with van der Waals surface area (Å²) in [5, 5.41) is 10.6. The second-order valence-electron chi connectivity index (χ2n) is 9.14. The topological polar surface area (TPSA) is 121 Å². The van der Waals surface area contributed by atoms with Crippen molar-refractivity contribution in [2.75, 3.05) is 5.32 Å². The van der Waals surface area contributed by atoms with Crippen LogP contribution in [0.4, 0.5) is 27.6 Å². The number of anilines is 1. The number of hydrogen-bond acceptors (Lipinski definition) is 6. The predicted molar refractivity (Wildman–Crippen MR) is 133 cm³/mol. The Balaban J connectivity index is 1.61. The summed E-state index contributed by atoms with van der Waals surface area (Å²) >= 11 is 0.733. The fraction of sp³-hybridized carbons (Fsp3) is 0.375. The van der Waals surface area contributed by atoms with Crippen LogP contribution in [0.5, 0.6) is 0 Å². The molecule has 1 aliphatic rings. The van der Waals surface area contributed by atoms with Crippen LogP contribution in [0.3, 0.4) is 0 Å². The number of alkyl halides is 5. The number of aryl methyl sites for hydroxylation is 1. The highest BCUT2D eigenvalue weighted by molar-refractivity contribution is 7.21. The van der Waals surface area contributed by atoms with Gasteiger partial charge in [-0.15, -0.1) is 11.3 Å². The van der Waals surface area contributed by atoms with Gasteiger partial charge < -0.3 is 11.1 Å². The molecule has 1 saturated carbocycles. The van der Waals surface area contributed by atoms with E-state index in [0.717, 1.165) is 22.1 Å². The Labute approximate surface area is 221 Å². The zero-order valence-corrected chi connectivity index (χ0v) is 21.5. The number of carbonyl (C=O) groups is 2. The summed E-state index contributed by atoms with van der Waals surface area (Å²) in [5.41, 5.74) is 5.52. The molecule has 206 valence electrons. The van der Waals surface area contributed by atoms with Gasteiger partial charge in [0.05, 0.1) is 11.9 Å². The summed E-state index contributed by atoms with van der Waals surface area (Å²) in [6.45, 7) is 3.54.